The minimum absolute atomic E-state index is 0.116. The SMILES string of the molecule is NCCCCCS(=O)(=O)c1ccc(Cl)c(Cl)c1. The number of hydrogen-bond acceptors (Lipinski definition) is 3. The quantitative estimate of drug-likeness (QED) is 0.821. The summed E-state index contributed by atoms with van der Waals surface area (Å²) in [4.78, 5) is 0.222. The second-order valence-corrected chi connectivity index (χ2v) is 6.67. The number of halogens is 2. The van der Waals surface area contributed by atoms with Gasteiger partial charge in [0.15, 0.2) is 9.84 Å². The highest BCUT2D eigenvalue weighted by Crippen LogP contribution is 2.25. The van der Waals surface area contributed by atoms with Crippen LogP contribution < -0.4 is 5.73 Å². The molecule has 17 heavy (non-hydrogen) atoms. The Balaban J connectivity index is 2.72. The predicted molar refractivity (Wildman–Crippen MR) is 71.4 cm³/mol. The fourth-order valence-electron chi connectivity index (χ4n) is 1.40. The molecule has 1 aromatic carbocycles. The molecule has 6 heteroatoms. The largest absolute Gasteiger partial charge is 0.330 e. The molecule has 0 aliphatic heterocycles. The Bertz CT molecular complexity index is 474. The molecule has 1 rings (SSSR count). The molecule has 0 heterocycles. The van der Waals surface area contributed by atoms with Gasteiger partial charge in [-0.1, -0.05) is 29.6 Å². The van der Waals surface area contributed by atoms with Gasteiger partial charge in [0.1, 0.15) is 0 Å². The molecule has 0 saturated heterocycles. The van der Waals surface area contributed by atoms with E-state index in [1.807, 2.05) is 0 Å². The maximum absolute atomic E-state index is 11.9. The van der Waals surface area contributed by atoms with Gasteiger partial charge < -0.3 is 5.73 Å². The Morgan fingerprint density at radius 1 is 1.06 bits per heavy atom. The minimum Gasteiger partial charge on any atom is -0.330 e. The van der Waals surface area contributed by atoms with Gasteiger partial charge in [-0.2, -0.15) is 0 Å². The van der Waals surface area contributed by atoms with Crippen molar-refractivity contribution in [1.29, 1.82) is 0 Å². The summed E-state index contributed by atoms with van der Waals surface area (Å²) < 4.78 is 23.9. The number of nitrogens with two attached hydrogens (primary N) is 1. The number of benzene rings is 1. The van der Waals surface area contributed by atoms with Gasteiger partial charge >= 0.3 is 0 Å². The van der Waals surface area contributed by atoms with Crippen LogP contribution in [0.15, 0.2) is 23.1 Å². The minimum atomic E-state index is -3.26. The van der Waals surface area contributed by atoms with Crippen LogP contribution in [0.4, 0.5) is 0 Å². The molecule has 0 bridgehead atoms. The van der Waals surface area contributed by atoms with Crippen molar-refractivity contribution in [2.75, 3.05) is 12.3 Å². The molecule has 0 atom stereocenters. The number of rotatable bonds is 6. The van der Waals surface area contributed by atoms with Crippen molar-refractivity contribution in [2.24, 2.45) is 5.73 Å². The normalized spacial score (nSPS) is 11.7. The first kappa shape index (κ1) is 14.8. The van der Waals surface area contributed by atoms with Crippen LogP contribution in [0, 0.1) is 0 Å². The lowest BCUT2D eigenvalue weighted by atomic mass is 10.2. The van der Waals surface area contributed by atoms with Crippen LogP contribution >= 0.6 is 23.2 Å². The van der Waals surface area contributed by atoms with Gasteiger partial charge in [0.25, 0.3) is 0 Å². The van der Waals surface area contributed by atoms with Crippen LogP contribution in [0.2, 0.25) is 10.0 Å². The average molecular weight is 296 g/mol. The average Bonchev–Trinajstić information content (AvgIpc) is 2.28. The Kier molecular flexibility index (Phi) is 5.73. The molecule has 0 spiro atoms. The van der Waals surface area contributed by atoms with E-state index in [0.717, 1.165) is 12.8 Å². The second kappa shape index (κ2) is 6.59. The van der Waals surface area contributed by atoms with E-state index in [4.69, 9.17) is 28.9 Å². The summed E-state index contributed by atoms with van der Waals surface area (Å²) in [7, 11) is -3.26. The van der Waals surface area contributed by atoms with E-state index in [-0.39, 0.29) is 15.7 Å². The van der Waals surface area contributed by atoms with Gasteiger partial charge in [-0.25, -0.2) is 8.42 Å². The highest BCUT2D eigenvalue weighted by Gasteiger charge is 2.15. The molecule has 0 aliphatic carbocycles. The lowest BCUT2D eigenvalue weighted by molar-refractivity contribution is 0.590. The molecule has 0 aliphatic rings. The van der Waals surface area contributed by atoms with E-state index in [9.17, 15) is 8.42 Å². The van der Waals surface area contributed by atoms with E-state index in [1.165, 1.54) is 18.2 Å². The van der Waals surface area contributed by atoms with E-state index in [2.05, 4.69) is 0 Å². The molecule has 0 aromatic heterocycles. The monoisotopic (exact) mass is 295 g/mol. The van der Waals surface area contributed by atoms with Crippen LogP contribution in [0.1, 0.15) is 19.3 Å². The van der Waals surface area contributed by atoms with Crippen LogP contribution in [0.3, 0.4) is 0 Å². The van der Waals surface area contributed by atoms with Crippen molar-refractivity contribution in [3.8, 4) is 0 Å². The summed E-state index contributed by atoms with van der Waals surface area (Å²) in [6.45, 7) is 0.590. The molecule has 1 aromatic rings. The van der Waals surface area contributed by atoms with Crippen molar-refractivity contribution >= 4 is 33.0 Å². The van der Waals surface area contributed by atoms with Gasteiger partial charge in [0, 0.05) is 0 Å². The summed E-state index contributed by atoms with van der Waals surface area (Å²) in [6, 6.07) is 4.37. The van der Waals surface area contributed by atoms with E-state index >= 15 is 0 Å². The molecule has 2 N–H and O–H groups in total. The highest BCUT2D eigenvalue weighted by atomic mass is 35.5. The molecular formula is C11H15Cl2NO2S. The van der Waals surface area contributed by atoms with Crippen LogP contribution in [0.5, 0.6) is 0 Å². The van der Waals surface area contributed by atoms with Crippen molar-refractivity contribution in [3.63, 3.8) is 0 Å². The van der Waals surface area contributed by atoms with Crippen molar-refractivity contribution in [3.05, 3.63) is 28.2 Å². The number of sulfone groups is 1. The zero-order valence-corrected chi connectivity index (χ0v) is 11.7. The summed E-state index contributed by atoms with van der Waals surface area (Å²) in [5.41, 5.74) is 5.34. The Labute approximate surface area is 112 Å². The van der Waals surface area contributed by atoms with Gasteiger partial charge in [0.2, 0.25) is 0 Å². The molecule has 96 valence electrons. The Morgan fingerprint density at radius 3 is 2.35 bits per heavy atom. The Hall–Kier alpha value is -0.290. The van der Waals surface area contributed by atoms with E-state index < -0.39 is 9.84 Å². The maximum atomic E-state index is 11.9. The van der Waals surface area contributed by atoms with Gasteiger partial charge in [0.05, 0.1) is 20.7 Å². The summed E-state index contributed by atoms with van der Waals surface area (Å²) in [5.74, 6) is 0.116. The first-order chi connectivity index (χ1) is 7.97. The molecule has 0 fully saturated rings. The zero-order chi connectivity index (χ0) is 12.9. The van der Waals surface area contributed by atoms with Crippen LogP contribution in [-0.2, 0) is 9.84 Å². The van der Waals surface area contributed by atoms with E-state index in [1.54, 1.807) is 0 Å². The number of unbranched alkanes of at least 4 members (excludes halogenated alkanes) is 2. The molecule has 0 unspecified atom stereocenters. The third-order valence-corrected chi connectivity index (χ3v) is 4.90. The van der Waals surface area contributed by atoms with Crippen molar-refractivity contribution < 1.29 is 8.42 Å². The van der Waals surface area contributed by atoms with Gasteiger partial charge in [-0.15, -0.1) is 0 Å². The molecular weight excluding hydrogens is 281 g/mol. The summed E-state index contributed by atoms with van der Waals surface area (Å²) >= 11 is 11.5. The third kappa shape index (κ3) is 4.47. The van der Waals surface area contributed by atoms with Gasteiger partial charge in [-0.05, 0) is 37.6 Å². The molecule has 0 radical (unpaired) electrons. The molecule has 0 saturated carbocycles. The van der Waals surface area contributed by atoms with Crippen LogP contribution in [0.25, 0.3) is 0 Å². The summed E-state index contributed by atoms with van der Waals surface area (Å²) in [6.07, 6.45) is 2.27. The fourth-order valence-corrected chi connectivity index (χ4v) is 3.16. The number of hydrogen-bond donors (Lipinski definition) is 1. The highest BCUT2D eigenvalue weighted by molar-refractivity contribution is 7.91. The fraction of sp³-hybridized carbons (Fsp3) is 0.455. The van der Waals surface area contributed by atoms with Crippen molar-refractivity contribution in [2.45, 2.75) is 24.2 Å². The summed E-state index contributed by atoms with van der Waals surface area (Å²) in [5, 5.41) is 0.614. The van der Waals surface area contributed by atoms with Crippen molar-refractivity contribution in [1.82, 2.24) is 0 Å². The van der Waals surface area contributed by atoms with E-state index in [0.29, 0.717) is 18.0 Å². The lowest BCUT2D eigenvalue weighted by Gasteiger charge is -2.05. The first-order valence-electron chi connectivity index (χ1n) is 5.35. The Morgan fingerprint density at radius 2 is 1.76 bits per heavy atom. The standard InChI is InChI=1S/C11H15Cl2NO2S/c12-10-5-4-9(8-11(10)13)17(15,16)7-3-1-2-6-14/h4-5,8H,1-3,6-7,14H2. The zero-order valence-electron chi connectivity index (χ0n) is 9.33. The third-order valence-electron chi connectivity index (χ3n) is 2.37. The second-order valence-electron chi connectivity index (χ2n) is 3.74. The first-order valence-corrected chi connectivity index (χ1v) is 7.76. The maximum Gasteiger partial charge on any atom is 0.178 e. The smallest absolute Gasteiger partial charge is 0.178 e. The van der Waals surface area contributed by atoms with Crippen LogP contribution in [-0.4, -0.2) is 20.7 Å². The van der Waals surface area contributed by atoms with Gasteiger partial charge in [-0.3, -0.25) is 0 Å². The molecule has 3 nitrogen and oxygen atoms in total. The topological polar surface area (TPSA) is 60.2 Å². The lowest BCUT2D eigenvalue weighted by Crippen LogP contribution is -2.07. The predicted octanol–water partition coefficient (Wildman–Crippen LogP) is 2.90. The molecule has 0 amide bonds.